The number of aryl methyl sites for hydroxylation is 1. The predicted octanol–water partition coefficient (Wildman–Crippen LogP) is 2.39. The van der Waals surface area contributed by atoms with Crippen molar-refractivity contribution in [2.75, 3.05) is 13.6 Å². The predicted molar refractivity (Wildman–Crippen MR) is 53.9 cm³/mol. The minimum atomic E-state index is 0.782. The zero-order valence-corrected chi connectivity index (χ0v) is 8.29. The second kappa shape index (κ2) is 3.58. The Labute approximate surface area is 77.8 Å². The van der Waals surface area contributed by atoms with E-state index in [9.17, 15) is 0 Å². The minimum absolute atomic E-state index is 0.782. The van der Waals surface area contributed by atoms with Gasteiger partial charge in [0.15, 0.2) is 0 Å². The van der Waals surface area contributed by atoms with E-state index in [0.717, 1.165) is 12.5 Å². The maximum atomic E-state index is 3.27. The van der Waals surface area contributed by atoms with E-state index in [-0.39, 0.29) is 0 Å². The van der Waals surface area contributed by atoms with Crippen LogP contribution in [0.25, 0.3) is 0 Å². The van der Waals surface area contributed by atoms with Gasteiger partial charge in [0.05, 0.1) is 0 Å². The highest BCUT2D eigenvalue weighted by Gasteiger charge is 2.19. The summed E-state index contributed by atoms with van der Waals surface area (Å²) in [6.07, 6.45) is 4.04. The van der Waals surface area contributed by atoms with Crippen LogP contribution < -0.4 is 5.32 Å². The second-order valence-electron chi connectivity index (χ2n) is 3.50. The van der Waals surface area contributed by atoms with Crippen LogP contribution in [0.3, 0.4) is 0 Å². The molecule has 12 heavy (non-hydrogen) atoms. The van der Waals surface area contributed by atoms with Crippen LogP contribution in [0.5, 0.6) is 0 Å². The van der Waals surface area contributed by atoms with Gasteiger partial charge in [0.25, 0.3) is 0 Å². The van der Waals surface area contributed by atoms with E-state index in [4.69, 9.17) is 0 Å². The lowest BCUT2D eigenvalue weighted by molar-refractivity contribution is 0.531. The molecule has 0 fully saturated rings. The Hall–Kier alpha value is -0.340. The molecular weight excluding hydrogens is 166 g/mol. The summed E-state index contributed by atoms with van der Waals surface area (Å²) < 4.78 is 0. The molecule has 2 rings (SSSR count). The van der Waals surface area contributed by atoms with Crippen LogP contribution in [0.4, 0.5) is 0 Å². The first-order valence-electron chi connectivity index (χ1n) is 4.61. The smallest absolute Gasteiger partial charge is 0.00175 e. The SMILES string of the molecule is CNCC1CCCc2cscc21. The summed E-state index contributed by atoms with van der Waals surface area (Å²) in [5.74, 6) is 0.782. The number of hydrogen-bond donors (Lipinski definition) is 1. The highest BCUT2D eigenvalue weighted by molar-refractivity contribution is 7.08. The fourth-order valence-corrected chi connectivity index (χ4v) is 3.02. The standard InChI is InChI=1S/C10H15NS/c1-11-5-8-3-2-4-9-6-12-7-10(8)9/h6-8,11H,2-5H2,1H3. The highest BCUT2D eigenvalue weighted by atomic mass is 32.1. The van der Waals surface area contributed by atoms with Crippen LogP contribution in [-0.4, -0.2) is 13.6 Å². The molecule has 1 atom stereocenters. The molecule has 0 saturated heterocycles. The summed E-state index contributed by atoms with van der Waals surface area (Å²) >= 11 is 1.86. The number of likely N-dealkylation sites (N-methyl/N-ethyl adjacent to an activating group) is 1. The topological polar surface area (TPSA) is 12.0 Å². The Kier molecular flexibility index (Phi) is 2.47. The van der Waals surface area contributed by atoms with Gasteiger partial charge >= 0.3 is 0 Å². The molecule has 1 unspecified atom stereocenters. The fraction of sp³-hybridized carbons (Fsp3) is 0.600. The van der Waals surface area contributed by atoms with Gasteiger partial charge in [-0.15, -0.1) is 0 Å². The third-order valence-electron chi connectivity index (χ3n) is 2.67. The van der Waals surface area contributed by atoms with E-state index in [2.05, 4.69) is 16.1 Å². The average Bonchev–Trinajstić information content (AvgIpc) is 2.53. The summed E-state index contributed by atoms with van der Waals surface area (Å²) in [7, 11) is 2.04. The molecule has 1 heterocycles. The van der Waals surface area contributed by atoms with Crippen molar-refractivity contribution in [3.63, 3.8) is 0 Å². The lowest BCUT2D eigenvalue weighted by atomic mass is 9.86. The van der Waals surface area contributed by atoms with Crippen LogP contribution in [0.1, 0.15) is 29.9 Å². The molecule has 0 amide bonds. The molecule has 1 aromatic heterocycles. The van der Waals surface area contributed by atoms with Crippen molar-refractivity contribution in [2.24, 2.45) is 0 Å². The van der Waals surface area contributed by atoms with Crippen molar-refractivity contribution in [1.82, 2.24) is 5.32 Å². The minimum Gasteiger partial charge on any atom is -0.319 e. The average molecular weight is 181 g/mol. The summed E-state index contributed by atoms with van der Waals surface area (Å²) in [4.78, 5) is 0. The Morgan fingerprint density at radius 1 is 1.58 bits per heavy atom. The van der Waals surface area contributed by atoms with Gasteiger partial charge in [-0.1, -0.05) is 0 Å². The number of thiophene rings is 1. The summed E-state index contributed by atoms with van der Waals surface area (Å²) in [6.45, 7) is 1.14. The zero-order chi connectivity index (χ0) is 8.39. The van der Waals surface area contributed by atoms with Gasteiger partial charge in [-0.25, -0.2) is 0 Å². The zero-order valence-electron chi connectivity index (χ0n) is 7.47. The van der Waals surface area contributed by atoms with Crippen LogP contribution in [-0.2, 0) is 6.42 Å². The molecule has 0 spiro atoms. The van der Waals surface area contributed by atoms with Crippen LogP contribution in [0, 0.1) is 0 Å². The van der Waals surface area contributed by atoms with Gasteiger partial charge in [-0.2, -0.15) is 11.3 Å². The molecule has 0 saturated carbocycles. The van der Waals surface area contributed by atoms with Crippen molar-refractivity contribution < 1.29 is 0 Å². The molecule has 1 nitrogen and oxygen atoms in total. The third-order valence-corrected chi connectivity index (χ3v) is 3.48. The van der Waals surface area contributed by atoms with E-state index in [0.29, 0.717) is 0 Å². The maximum Gasteiger partial charge on any atom is 0.00175 e. The van der Waals surface area contributed by atoms with Crippen molar-refractivity contribution in [3.05, 3.63) is 21.9 Å². The molecule has 66 valence electrons. The lowest BCUT2D eigenvalue weighted by Crippen LogP contribution is -2.20. The second-order valence-corrected chi connectivity index (χ2v) is 4.24. The molecule has 0 aromatic carbocycles. The van der Waals surface area contributed by atoms with Crippen LogP contribution in [0.2, 0.25) is 0 Å². The van der Waals surface area contributed by atoms with E-state index in [1.54, 1.807) is 11.1 Å². The van der Waals surface area contributed by atoms with Crippen molar-refractivity contribution >= 4 is 11.3 Å². The molecule has 1 N–H and O–H groups in total. The normalized spacial score (nSPS) is 22.2. The first-order valence-corrected chi connectivity index (χ1v) is 5.55. The van der Waals surface area contributed by atoms with E-state index < -0.39 is 0 Å². The molecule has 2 heteroatoms. The molecular formula is C10H15NS. The first-order chi connectivity index (χ1) is 5.92. The molecule has 0 radical (unpaired) electrons. The van der Waals surface area contributed by atoms with Gasteiger partial charge < -0.3 is 5.32 Å². The highest BCUT2D eigenvalue weighted by Crippen LogP contribution is 2.33. The van der Waals surface area contributed by atoms with Crippen molar-refractivity contribution in [2.45, 2.75) is 25.2 Å². The Morgan fingerprint density at radius 2 is 2.50 bits per heavy atom. The molecule has 0 bridgehead atoms. The van der Waals surface area contributed by atoms with Crippen LogP contribution in [0.15, 0.2) is 10.8 Å². The Morgan fingerprint density at radius 3 is 3.33 bits per heavy atom. The third kappa shape index (κ3) is 1.41. The Balaban J connectivity index is 2.19. The van der Waals surface area contributed by atoms with Crippen molar-refractivity contribution in [3.8, 4) is 0 Å². The fourth-order valence-electron chi connectivity index (χ4n) is 2.05. The van der Waals surface area contributed by atoms with Gasteiger partial charge in [-0.05, 0) is 54.1 Å². The van der Waals surface area contributed by atoms with E-state index >= 15 is 0 Å². The molecule has 1 aromatic rings. The number of hydrogen-bond acceptors (Lipinski definition) is 2. The van der Waals surface area contributed by atoms with Gasteiger partial charge in [0.2, 0.25) is 0 Å². The quantitative estimate of drug-likeness (QED) is 0.738. The number of nitrogens with one attached hydrogen (secondary N) is 1. The van der Waals surface area contributed by atoms with Crippen molar-refractivity contribution in [1.29, 1.82) is 0 Å². The summed E-state index contributed by atoms with van der Waals surface area (Å²) in [5, 5.41) is 7.92. The van der Waals surface area contributed by atoms with E-state index in [1.807, 2.05) is 18.4 Å². The molecule has 0 aliphatic heterocycles. The monoisotopic (exact) mass is 181 g/mol. The number of fused-ring (bicyclic) bond motifs is 1. The van der Waals surface area contributed by atoms with Gasteiger partial charge in [-0.3, -0.25) is 0 Å². The maximum absolute atomic E-state index is 3.27. The van der Waals surface area contributed by atoms with Gasteiger partial charge in [0.1, 0.15) is 0 Å². The number of rotatable bonds is 2. The lowest BCUT2D eigenvalue weighted by Gasteiger charge is -2.22. The van der Waals surface area contributed by atoms with E-state index in [1.165, 1.54) is 19.3 Å². The van der Waals surface area contributed by atoms with Gasteiger partial charge in [0, 0.05) is 6.54 Å². The summed E-state index contributed by atoms with van der Waals surface area (Å²) in [6, 6.07) is 0. The molecule has 1 aliphatic rings. The largest absolute Gasteiger partial charge is 0.319 e. The first kappa shape index (κ1) is 8.27. The van der Waals surface area contributed by atoms with Crippen LogP contribution >= 0.6 is 11.3 Å². The molecule has 1 aliphatic carbocycles. The Bertz CT molecular complexity index is 254. The summed E-state index contributed by atoms with van der Waals surface area (Å²) in [5.41, 5.74) is 3.21.